The van der Waals surface area contributed by atoms with Crippen LogP contribution >= 0.6 is 7.82 Å². The van der Waals surface area contributed by atoms with E-state index in [1.807, 2.05) is 128 Å². The lowest BCUT2D eigenvalue weighted by atomic mass is 9.95. The first-order chi connectivity index (χ1) is 18.4. The van der Waals surface area contributed by atoms with Crippen LogP contribution < -0.4 is 9.26 Å². The average molecular weight is 525 g/mol. The largest absolute Gasteiger partial charge is 0.524 e. The molecule has 0 atom stereocenters. The Kier molecular flexibility index (Phi) is 9.12. The van der Waals surface area contributed by atoms with Crippen molar-refractivity contribution in [2.45, 2.75) is 6.92 Å². The van der Waals surface area contributed by atoms with Crippen molar-refractivity contribution < 1.29 is 23.6 Å². The molecule has 0 aromatic heterocycles. The predicted octanol–water partition coefficient (Wildman–Crippen LogP) is 8.07. The summed E-state index contributed by atoms with van der Waals surface area (Å²) in [5.74, 6) is 0.478. The molecule has 0 bridgehead atoms. The van der Waals surface area contributed by atoms with Crippen LogP contribution in [0.1, 0.15) is 40.3 Å². The van der Waals surface area contributed by atoms with E-state index in [1.165, 1.54) is 6.07 Å². The molecule has 0 aliphatic rings. The van der Waals surface area contributed by atoms with Gasteiger partial charge in [0, 0.05) is 17.2 Å². The maximum Gasteiger partial charge on any atom is 0.524 e. The highest BCUT2D eigenvalue weighted by Crippen LogP contribution is 2.45. The molecule has 4 aromatic rings. The fourth-order valence-corrected chi connectivity index (χ4v) is 4.33. The van der Waals surface area contributed by atoms with Crippen LogP contribution in [0.25, 0.3) is 36.5 Å². The number of phosphoric ester groups is 1. The van der Waals surface area contributed by atoms with E-state index < -0.39 is 7.82 Å². The van der Waals surface area contributed by atoms with E-state index in [2.05, 4.69) is 0 Å². The summed E-state index contributed by atoms with van der Waals surface area (Å²) < 4.78 is 23.1. The van der Waals surface area contributed by atoms with E-state index in [0.29, 0.717) is 23.5 Å². The van der Waals surface area contributed by atoms with Crippen molar-refractivity contribution in [2.24, 2.45) is 0 Å². The third-order valence-electron chi connectivity index (χ3n) is 5.62. The maximum atomic E-state index is 12.0. The van der Waals surface area contributed by atoms with Crippen molar-refractivity contribution in [3.8, 4) is 11.5 Å². The highest BCUT2D eigenvalue weighted by atomic mass is 31.2. The van der Waals surface area contributed by atoms with Gasteiger partial charge in [0.15, 0.2) is 0 Å². The molecule has 5 nitrogen and oxygen atoms in total. The topological polar surface area (TPSA) is 76.0 Å². The van der Waals surface area contributed by atoms with Crippen molar-refractivity contribution in [1.29, 1.82) is 0 Å². The quantitative estimate of drug-likeness (QED) is 0.162. The van der Waals surface area contributed by atoms with Gasteiger partial charge in [0.25, 0.3) is 0 Å². The molecule has 192 valence electrons. The molecule has 0 spiro atoms. The number of hydrogen-bond donors (Lipinski definition) is 2. The minimum Gasteiger partial charge on any atom is -0.493 e. The van der Waals surface area contributed by atoms with Crippen LogP contribution in [-0.4, -0.2) is 16.4 Å². The van der Waals surface area contributed by atoms with E-state index >= 15 is 0 Å². The van der Waals surface area contributed by atoms with Gasteiger partial charge in [0.1, 0.15) is 11.5 Å². The Labute approximate surface area is 223 Å². The van der Waals surface area contributed by atoms with Gasteiger partial charge in [-0.05, 0) is 29.2 Å². The van der Waals surface area contributed by atoms with Gasteiger partial charge in [-0.3, -0.25) is 9.79 Å². The van der Waals surface area contributed by atoms with Gasteiger partial charge in [-0.1, -0.05) is 127 Å². The molecule has 0 saturated heterocycles. The Morgan fingerprint density at radius 3 is 1.39 bits per heavy atom. The Bertz CT molecular complexity index is 1470. The number of hydrogen-bond acceptors (Lipinski definition) is 3. The molecule has 6 heteroatoms. The summed E-state index contributed by atoms with van der Waals surface area (Å²) in [7, 11) is -4.86. The molecule has 0 aliphatic heterocycles. The van der Waals surface area contributed by atoms with Crippen molar-refractivity contribution in [3.63, 3.8) is 0 Å². The van der Waals surface area contributed by atoms with Gasteiger partial charge < -0.3 is 9.26 Å². The normalized spacial score (nSPS) is 12.0. The second-order valence-corrected chi connectivity index (χ2v) is 9.52. The first-order valence-electron chi connectivity index (χ1n) is 12.2. The molecule has 38 heavy (non-hydrogen) atoms. The molecule has 0 radical (unpaired) electrons. The van der Waals surface area contributed by atoms with Crippen molar-refractivity contribution in [3.05, 3.63) is 130 Å². The van der Waals surface area contributed by atoms with Gasteiger partial charge in [-0.2, -0.15) is 0 Å². The lowest BCUT2D eigenvalue weighted by molar-refractivity contribution is 0.282. The van der Waals surface area contributed by atoms with Gasteiger partial charge in [-0.25, -0.2) is 4.57 Å². The van der Waals surface area contributed by atoms with Crippen LogP contribution in [0.3, 0.4) is 0 Å². The molecular weight excluding hydrogens is 495 g/mol. The first-order valence-corrected chi connectivity index (χ1v) is 13.7. The predicted molar refractivity (Wildman–Crippen MR) is 156 cm³/mol. The zero-order chi connectivity index (χ0) is 26.8. The monoisotopic (exact) mass is 524 g/mol. The summed E-state index contributed by atoms with van der Waals surface area (Å²) in [6.45, 7) is 2.22. The van der Waals surface area contributed by atoms with Crippen molar-refractivity contribution >= 4 is 44.3 Å². The van der Waals surface area contributed by atoms with Gasteiger partial charge in [-0.15, -0.1) is 0 Å². The first kappa shape index (κ1) is 26.9. The summed E-state index contributed by atoms with van der Waals surface area (Å²) in [4.78, 5) is 19.4. The minimum absolute atomic E-state index is 0.0264. The molecular formula is C32H29O5P. The number of benzene rings is 4. The zero-order valence-electron chi connectivity index (χ0n) is 21.0. The van der Waals surface area contributed by atoms with Crippen molar-refractivity contribution in [2.75, 3.05) is 6.61 Å². The Balaban J connectivity index is 1.97. The van der Waals surface area contributed by atoms with Gasteiger partial charge in [0.05, 0.1) is 6.61 Å². The third kappa shape index (κ3) is 7.67. The highest BCUT2D eigenvalue weighted by molar-refractivity contribution is 7.46. The molecule has 0 heterocycles. The summed E-state index contributed by atoms with van der Waals surface area (Å²) in [6.07, 6.45) is 11.5. The second-order valence-electron chi connectivity index (χ2n) is 8.36. The number of ether oxygens (including phenoxy) is 1. The average Bonchev–Trinajstić information content (AvgIpc) is 2.92. The van der Waals surface area contributed by atoms with Crippen LogP contribution in [0, 0.1) is 0 Å². The molecule has 0 unspecified atom stereocenters. The molecule has 0 fully saturated rings. The maximum absolute atomic E-state index is 12.0. The van der Waals surface area contributed by atoms with Crippen LogP contribution in [0.4, 0.5) is 0 Å². The van der Waals surface area contributed by atoms with E-state index in [-0.39, 0.29) is 5.75 Å². The van der Waals surface area contributed by atoms with Gasteiger partial charge >= 0.3 is 7.82 Å². The molecule has 4 aromatic carbocycles. The second kappa shape index (κ2) is 12.9. The number of rotatable bonds is 10. The van der Waals surface area contributed by atoms with E-state index in [4.69, 9.17) is 9.26 Å². The summed E-state index contributed by atoms with van der Waals surface area (Å²) in [5.41, 5.74) is 4.88. The number of phosphoric acid groups is 1. The zero-order valence-corrected chi connectivity index (χ0v) is 21.9. The Morgan fingerprint density at radius 2 is 1.00 bits per heavy atom. The fourth-order valence-electron chi connectivity index (χ4n) is 3.92. The standard InChI is InChI=1S/C32H29O5P/c1-2-36-31-24-32(37-38(33,34)35)30(23-20-27-16-10-5-11-17-27)28(21-18-25-12-6-3-7-13-25)29(31)22-19-26-14-8-4-9-15-26/h3-24H,2H2,1H3,(H2,33,34,35). The molecule has 2 N–H and O–H groups in total. The lowest BCUT2D eigenvalue weighted by Crippen LogP contribution is -2.01. The fraction of sp³-hybridized carbons (Fsp3) is 0.0625. The van der Waals surface area contributed by atoms with Gasteiger partial charge in [0.2, 0.25) is 0 Å². The van der Waals surface area contributed by atoms with Crippen LogP contribution in [-0.2, 0) is 4.57 Å². The smallest absolute Gasteiger partial charge is 0.493 e. The third-order valence-corrected chi connectivity index (χ3v) is 6.05. The van der Waals surface area contributed by atoms with Crippen LogP contribution in [0.15, 0.2) is 97.1 Å². The summed E-state index contributed by atoms with van der Waals surface area (Å²) in [6, 6.07) is 30.9. The minimum atomic E-state index is -4.86. The van der Waals surface area contributed by atoms with Crippen LogP contribution in [0.5, 0.6) is 11.5 Å². The van der Waals surface area contributed by atoms with Crippen LogP contribution in [0.2, 0.25) is 0 Å². The Hall–Kier alpha value is -4.15. The Morgan fingerprint density at radius 1 is 0.605 bits per heavy atom. The lowest BCUT2D eigenvalue weighted by Gasteiger charge is -2.18. The molecule has 0 saturated carbocycles. The summed E-state index contributed by atoms with van der Waals surface area (Å²) in [5, 5.41) is 0. The van der Waals surface area contributed by atoms with E-state index in [1.54, 1.807) is 6.08 Å². The van der Waals surface area contributed by atoms with Crippen molar-refractivity contribution in [1.82, 2.24) is 0 Å². The van der Waals surface area contributed by atoms with E-state index in [9.17, 15) is 14.4 Å². The summed E-state index contributed by atoms with van der Waals surface area (Å²) >= 11 is 0. The highest BCUT2D eigenvalue weighted by Gasteiger charge is 2.23. The molecule has 0 amide bonds. The molecule has 4 rings (SSSR count). The molecule has 0 aliphatic carbocycles. The van der Waals surface area contributed by atoms with E-state index in [0.717, 1.165) is 22.3 Å². The SMILES string of the molecule is CCOc1cc(OP(=O)(O)O)c(C=Cc2ccccc2)c(C=Cc2ccccc2)c1C=Cc1ccccc1.